The van der Waals surface area contributed by atoms with Crippen LogP contribution in [0.3, 0.4) is 0 Å². The molecule has 0 aliphatic carbocycles. The number of nitrogens with one attached hydrogen (secondary N) is 1. The SMILES string of the molecule is CC(C)CNCc1ccc(N2CC(C)OC(C)C2)nc1. The normalized spacial score (nSPS) is 23.4. The number of hydrogen-bond donors (Lipinski definition) is 1. The van der Waals surface area contributed by atoms with Crippen molar-refractivity contribution in [2.24, 2.45) is 5.92 Å². The van der Waals surface area contributed by atoms with Crippen molar-refractivity contribution in [3.05, 3.63) is 23.9 Å². The van der Waals surface area contributed by atoms with E-state index in [-0.39, 0.29) is 12.2 Å². The summed E-state index contributed by atoms with van der Waals surface area (Å²) in [5.41, 5.74) is 1.24. The Hall–Kier alpha value is -1.13. The molecule has 2 atom stereocenters. The molecular weight excluding hydrogens is 250 g/mol. The first-order chi connectivity index (χ1) is 9.54. The first-order valence-electron chi connectivity index (χ1n) is 7.60. The van der Waals surface area contributed by atoms with Crippen LogP contribution in [0.4, 0.5) is 5.82 Å². The van der Waals surface area contributed by atoms with Crippen LogP contribution in [0, 0.1) is 5.92 Å². The Labute approximate surface area is 122 Å². The van der Waals surface area contributed by atoms with E-state index in [2.05, 4.69) is 55.0 Å². The van der Waals surface area contributed by atoms with Crippen molar-refractivity contribution in [1.29, 1.82) is 0 Å². The van der Waals surface area contributed by atoms with E-state index in [1.807, 2.05) is 6.20 Å². The van der Waals surface area contributed by atoms with Crippen LogP contribution in [0.15, 0.2) is 18.3 Å². The molecule has 1 saturated heterocycles. The number of ether oxygens (including phenoxy) is 1. The number of pyridine rings is 1. The zero-order chi connectivity index (χ0) is 14.5. The molecule has 1 aliphatic heterocycles. The monoisotopic (exact) mass is 277 g/mol. The van der Waals surface area contributed by atoms with Gasteiger partial charge in [-0.25, -0.2) is 4.98 Å². The van der Waals surface area contributed by atoms with Gasteiger partial charge in [0.1, 0.15) is 5.82 Å². The molecule has 20 heavy (non-hydrogen) atoms. The molecule has 0 amide bonds. The Balaban J connectivity index is 1.90. The molecule has 1 N–H and O–H groups in total. The highest BCUT2D eigenvalue weighted by atomic mass is 16.5. The van der Waals surface area contributed by atoms with Gasteiger partial charge in [-0.3, -0.25) is 0 Å². The summed E-state index contributed by atoms with van der Waals surface area (Å²) in [4.78, 5) is 6.91. The minimum absolute atomic E-state index is 0.271. The fraction of sp³-hybridized carbons (Fsp3) is 0.688. The Morgan fingerprint density at radius 2 is 2.00 bits per heavy atom. The molecule has 0 aromatic carbocycles. The molecule has 1 aromatic rings. The summed E-state index contributed by atoms with van der Waals surface area (Å²) < 4.78 is 5.76. The predicted octanol–water partition coefficient (Wildman–Crippen LogP) is 2.44. The van der Waals surface area contributed by atoms with E-state index in [1.54, 1.807) is 0 Å². The highest BCUT2D eigenvalue weighted by Crippen LogP contribution is 2.18. The highest BCUT2D eigenvalue weighted by molar-refractivity contribution is 5.40. The maximum atomic E-state index is 5.76. The fourth-order valence-corrected chi connectivity index (χ4v) is 2.58. The first-order valence-corrected chi connectivity index (χ1v) is 7.60. The summed E-state index contributed by atoms with van der Waals surface area (Å²) >= 11 is 0. The highest BCUT2D eigenvalue weighted by Gasteiger charge is 2.22. The van der Waals surface area contributed by atoms with E-state index in [9.17, 15) is 0 Å². The lowest BCUT2D eigenvalue weighted by Gasteiger charge is -2.36. The molecule has 2 rings (SSSR count). The third kappa shape index (κ3) is 4.46. The Morgan fingerprint density at radius 3 is 2.55 bits per heavy atom. The number of hydrogen-bond acceptors (Lipinski definition) is 4. The molecule has 2 unspecified atom stereocenters. The van der Waals surface area contributed by atoms with E-state index in [0.717, 1.165) is 32.0 Å². The molecule has 1 aromatic heterocycles. The van der Waals surface area contributed by atoms with E-state index >= 15 is 0 Å². The minimum atomic E-state index is 0.271. The molecule has 0 saturated carbocycles. The Kier molecular flexibility index (Phi) is 5.38. The quantitative estimate of drug-likeness (QED) is 0.897. The summed E-state index contributed by atoms with van der Waals surface area (Å²) in [6.45, 7) is 12.4. The van der Waals surface area contributed by atoms with Gasteiger partial charge < -0.3 is 15.0 Å². The van der Waals surface area contributed by atoms with Crippen LogP contribution in [0.5, 0.6) is 0 Å². The van der Waals surface area contributed by atoms with Crippen LogP contribution in [0.2, 0.25) is 0 Å². The van der Waals surface area contributed by atoms with Gasteiger partial charge in [-0.15, -0.1) is 0 Å². The summed E-state index contributed by atoms with van der Waals surface area (Å²) in [7, 11) is 0. The average molecular weight is 277 g/mol. The van der Waals surface area contributed by atoms with E-state index in [0.29, 0.717) is 5.92 Å². The smallest absolute Gasteiger partial charge is 0.128 e. The van der Waals surface area contributed by atoms with Crippen LogP contribution in [0.25, 0.3) is 0 Å². The van der Waals surface area contributed by atoms with Crippen LogP contribution in [0.1, 0.15) is 33.3 Å². The summed E-state index contributed by atoms with van der Waals surface area (Å²) in [6.07, 6.45) is 2.52. The largest absolute Gasteiger partial charge is 0.372 e. The molecule has 0 spiro atoms. The molecule has 1 aliphatic rings. The number of rotatable bonds is 5. The second kappa shape index (κ2) is 7.04. The Bertz CT molecular complexity index is 395. The molecule has 0 radical (unpaired) electrons. The van der Waals surface area contributed by atoms with Gasteiger partial charge in [-0.05, 0) is 37.9 Å². The number of anilines is 1. The van der Waals surface area contributed by atoms with E-state index in [4.69, 9.17) is 4.74 Å². The van der Waals surface area contributed by atoms with Gasteiger partial charge in [0, 0.05) is 25.8 Å². The molecule has 112 valence electrons. The van der Waals surface area contributed by atoms with Crippen molar-refractivity contribution in [2.75, 3.05) is 24.5 Å². The van der Waals surface area contributed by atoms with Gasteiger partial charge in [0.15, 0.2) is 0 Å². The first kappa shape index (κ1) is 15.3. The topological polar surface area (TPSA) is 37.4 Å². The Morgan fingerprint density at radius 1 is 1.30 bits per heavy atom. The van der Waals surface area contributed by atoms with E-state index in [1.165, 1.54) is 5.56 Å². The molecule has 4 nitrogen and oxygen atoms in total. The third-order valence-electron chi connectivity index (χ3n) is 3.43. The lowest BCUT2D eigenvalue weighted by Crippen LogP contribution is -2.45. The number of aromatic nitrogens is 1. The van der Waals surface area contributed by atoms with Crippen molar-refractivity contribution in [3.8, 4) is 0 Å². The molecule has 4 heteroatoms. The average Bonchev–Trinajstić information content (AvgIpc) is 2.38. The minimum Gasteiger partial charge on any atom is -0.372 e. The van der Waals surface area contributed by atoms with Crippen molar-refractivity contribution >= 4 is 5.82 Å². The van der Waals surface area contributed by atoms with Crippen molar-refractivity contribution < 1.29 is 4.74 Å². The van der Waals surface area contributed by atoms with Gasteiger partial charge in [0.05, 0.1) is 12.2 Å². The zero-order valence-corrected chi connectivity index (χ0v) is 13.1. The third-order valence-corrected chi connectivity index (χ3v) is 3.43. The fourth-order valence-electron chi connectivity index (χ4n) is 2.58. The van der Waals surface area contributed by atoms with Gasteiger partial charge in [0.2, 0.25) is 0 Å². The lowest BCUT2D eigenvalue weighted by molar-refractivity contribution is -0.00545. The second-order valence-corrected chi connectivity index (χ2v) is 6.21. The lowest BCUT2D eigenvalue weighted by atomic mass is 10.2. The zero-order valence-electron chi connectivity index (χ0n) is 13.1. The van der Waals surface area contributed by atoms with Crippen LogP contribution >= 0.6 is 0 Å². The molecular formula is C16H27N3O. The van der Waals surface area contributed by atoms with Crippen LogP contribution in [-0.2, 0) is 11.3 Å². The standard InChI is InChI=1S/C16H27N3O/c1-12(2)7-17-8-15-5-6-16(18-9-15)19-10-13(3)20-14(4)11-19/h5-6,9,12-14,17H,7-8,10-11H2,1-4H3. The summed E-state index contributed by atoms with van der Waals surface area (Å²) in [5, 5.41) is 3.44. The van der Waals surface area contributed by atoms with Gasteiger partial charge >= 0.3 is 0 Å². The maximum absolute atomic E-state index is 5.76. The van der Waals surface area contributed by atoms with Crippen LogP contribution < -0.4 is 10.2 Å². The number of morpholine rings is 1. The maximum Gasteiger partial charge on any atom is 0.128 e. The second-order valence-electron chi connectivity index (χ2n) is 6.21. The van der Waals surface area contributed by atoms with Crippen molar-refractivity contribution in [2.45, 2.75) is 46.4 Å². The van der Waals surface area contributed by atoms with Gasteiger partial charge in [0.25, 0.3) is 0 Å². The molecule has 2 heterocycles. The number of nitrogens with zero attached hydrogens (tertiary/aromatic N) is 2. The van der Waals surface area contributed by atoms with E-state index < -0.39 is 0 Å². The van der Waals surface area contributed by atoms with Gasteiger partial charge in [-0.2, -0.15) is 0 Å². The van der Waals surface area contributed by atoms with Gasteiger partial charge in [-0.1, -0.05) is 19.9 Å². The summed E-state index contributed by atoms with van der Waals surface area (Å²) in [6, 6.07) is 4.29. The van der Waals surface area contributed by atoms with Crippen molar-refractivity contribution in [1.82, 2.24) is 10.3 Å². The predicted molar refractivity (Wildman–Crippen MR) is 83.0 cm³/mol. The molecule has 0 bridgehead atoms. The molecule has 1 fully saturated rings. The van der Waals surface area contributed by atoms with Crippen molar-refractivity contribution in [3.63, 3.8) is 0 Å². The van der Waals surface area contributed by atoms with Crippen LogP contribution in [-0.4, -0.2) is 36.8 Å². The summed E-state index contributed by atoms with van der Waals surface area (Å²) in [5.74, 6) is 1.73.